The Morgan fingerprint density at radius 3 is 1.38 bits per heavy atom. The summed E-state index contributed by atoms with van der Waals surface area (Å²) in [5.41, 5.74) is 0. The predicted molar refractivity (Wildman–Crippen MR) is 173 cm³/mol. The highest BCUT2D eigenvalue weighted by Gasteiger charge is 2.65. The SMILES string of the molecule is CCC(=O)OC[C@H]1O[C@@](COC(C)=O)(O[C@H]2O[C@H](COC(=O)CC)[C@@H](OC(=O)CC)[C@H](OC(=O)CC)[C@H]2OC(=O)CC)[C@@H](OC(C)=O)[C@@H]1OC(=O)CC. The quantitative estimate of drug-likeness (QED) is 0.134. The van der Waals surface area contributed by atoms with Crippen LogP contribution in [0.3, 0.4) is 0 Å². The Morgan fingerprint density at radius 1 is 0.491 bits per heavy atom. The number of hydrogen-bond acceptors (Lipinski definition) is 19. The normalized spacial score (nSPS) is 27.8. The van der Waals surface area contributed by atoms with Gasteiger partial charge in [0.2, 0.25) is 12.1 Å². The van der Waals surface area contributed by atoms with Crippen molar-refractivity contribution in [2.24, 2.45) is 0 Å². The molecule has 19 heteroatoms. The van der Waals surface area contributed by atoms with Gasteiger partial charge in [0.05, 0.1) is 0 Å². The van der Waals surface area contributed by atoms with Crippen molar-refractivity contribution >= 4 is 47.8 Å². The van der Waals surface area contributed by atoms with Gasteiger partial charge >= 0.3 is 47.8 Å². The Morgan fingerprint density at radius 2 is 0.925 bits per heavy atom. The second-order valence-corrected chi connectivity index (χ2v) is 11.7. The van der Waals surface area contributed by atoms with E-state index in [0.29, 0.717) is 0 Å². The van der Waals surface area contributed by atoms with E-state index in [1.165, 1.54) is 41.5 Å². The number of carbonyl (C=O) groups is 8. The highest BCUT2D eigenvalue weighted by Crippen LogP contribution is 2.41. The summed E-state index contributed by atoms with van der Waals surface area (Å²) in [5, 5.41) is 0. The maximum atomic E-state index is 12.9. The molecule has 2 aliphatic heterocycles. The molecule has 0 saturated carbocycles. The molecule has 2 rings (SSSR count). The Labute approximate surface area is 306 Å². The van der Waals surface area contributed by atoms with Crippen LogP contribution in [0.15, 0.2) is 0 Å². The lowest BCUT2D eigenvalue weighted by molar-refractivity contribution is -0.384. The van der Waals surface area contributed by atoms with Crippen molar-refractivity contribution < 1.29 is 90.5 Å². The first-order chi connectivity index (χ1) is 25.1. The van der Waals surface area contributed by atoms with Gasteiger partial charge in [0, 0.05) is 52.4 Å². The highest BCUT2D eigenvalue weighted by atomic mass is 16.8. The first kappa shape index (κ1) is 44.8. The van der Waals surface area contributed by atoms with Crippen molar-refractivity contribution in [2.75, 3.05) is 19.8 Å². The molecule has 2 aliphatic rings. The Bertz CT molecular complexity index is 1310. The molecule has 2 saturated heterocycles. The maximum Gasteiger partial charge on any atom is 0.306 e. The molecular weight excluding hydrogens is 712 g/mol. The average Bonchev–Trinajstić information content (AvgIpc) is 3.40. The molecule has 0 unspecified atom stereocenters. The van der Waals surface area contributed by atoms with Gasteiger partial charge < -0.3 is 52.1 Å². The van der Waals surface area contributed by atoms with Crippen molar-refractivity contribution in [1.29, 1.82) is 0 Å². The maximum absolute atomic E-state index is 12.9. The van der Waals surface area contributed by atoms with Gasteiger partial charge in [-0.05, 0) is 0 Å². The molecule has 9 atom stereocenters. The van der Waals surface area contributed by atoms with Crippen LogP contribution in [0, 0.1) is 0 Å². The van der Waals surface area contributed by atoms with Crippen LogP contribution in [0.4, 0.5) is 0 Å². The van der Waals surface area contributed by atoms with Crippen LogP contribution < -0.4 is 0 Å². The molecule has 19 nitrogen and oxygen atoms in total. The van der Waals surface area contributed by atoms with E-state index in [1.807, 2.05) is 0 Å². The Hall–Kier alpha value is -4.36. The topological polar surface area (TPSA) is 238 Å². The van der Waals surface area contributed by atoms with Gasteiger partial charge in [-0.3, -0.25) is 38.4 Å². The first-order valence-corrected chi connectivity index (χ1v) is 17.5. The summed E-state index contributed by atoms with van der Waals surface area (Å²) in [5.74, 6) is -8.92. The largest absolute Gasteiger partial charge is 0.463 e. The number of rotatable bonds is 19. The summed E-state index contributed by atoms with van der Waals surface area (Å²) in [6.45, 7) is 8.98. The summed E-state index contributed by atoms with van der Waals surface area (Å²) in [4.78, 5) is 100. The first-order valence-electron chi connectivity index (χ1n) is 17.5. The van der Waals surface area contributed by atoms with Crippen LogP contribution in [0.5, 0.6) is 0 Å². The molecule has 0 amide bonds. The summed E-state index contributed by atoms with van der Waals surface area (Å²) in [7, 11) is 0. The van der Waals surface area contributed by atoms with Crippen LogP contribution in [0.25, 0.3) is 0 Å². The van der Waals surface area contributed by atoms with Crippen LogP contribution in [0.1, 0.15) is 93.9 Å². The lowest BCUT2D eigenvalue weighted by Crippen LogP contribution is -2.66. The van der Waals surface area contributed by atoms with Crippen molar-refractivity contribution in [1.82, 2.24) is 0 Å². The molecule has 300 valence electrons. The van der Waals surface area contributed by atoms with Crippen molar-refractivity contribution in [3.8, 4) is 0 Å². The lowest BCUT2D eigenvalue weighted by atomic mass is 9.97. The molecule has 0 bridgehead atoms. The second-order valence-electron chi connectivity index (χ2n) is 11.7. The van der Waals surface area contributed by atoms with E-state index in [0.717, 1.165) is 13.8 Å². The molecule has 0 aliphatic carbocycles. The van der Waals surface area contributed by atoms with E-state index in [1.54, 1.807) is 0 Å². The van der Waals surface area contributed by atoms with Gasteiger partial charge in [-0.15, -0.1) is 0 Å². The van der Waals surface area contributed by atoms with Gasteiger partial charge in [0.25, 0.3) is 0 Å². The van der Waals surface area contributed by atoms with Gasteiger partial charge in [-0.25, -0.2) is 0 Å². The lowest BCUT2D eigenvalue weighted by Gasteiger charge is -2.46. The standard InChI is InChI=1S/C34H50O19/c1-9-22(37)43-15-20-28(48-24(39)11-3)30(50-26(41)13-5)31(51-27(42)14-6)33(47-20)53-34(17-45-18(7)35)32(46-19(8)36)29(49-25(40)12-4)21(52-34)16-44-23(38)10-2/h20-21,28-33H,9-17H2,1-8H3/t20-,21-,28-,29-,30+,31-,32+,33-,34+/m1/s1. The highest BCUT2D eigenvalue weighted by molar-refractivity contribution is 5.72. The van der Waals surface area contributed by atoms with Crippen LogP contribution >= 0.6 is 0 Å². The molecule has 2 fully saturated rings. The molecular formula is C34H50O19. The van der Waals surface area contributed by atoms with E-state index in [4.69, 9.17) is 52.1 Å². The zero-order valence-electron chi connectivity index (χ0n) is 31.2. The molecule has 53 heavy (non-hydrogen) atoms. The van der Waals surface area contributed by atoms with Crippen LogP contribution in [0.2, 0.25) is 0 Å². The minimum absolute atomic E-state index is 0.0410. The number of ether oxygens (including phenoxy) is 11. The molecule has 0 radical (unpaired) electrons. The third-order valence-corrected chi connectivity index (χ3v) is 7.74. The predicted octanol–water partition coefficient (Wildman–Crippen LogP) is 1.51. The van der Waals surface area contributed by atoms with Crippen molar-refractivity contribution in [3.05, 3.63) is 0 Å². The number of hydrogen-bond donors (Lipinski definition) is 0. The smallest absolute Gasteiger partial charge is 0.306 e. The third-order valence-electron chi connectivity index (χ3n) is 7.74. The van der Waals surface area contributed by atoms with Gasteiger partial charge in [0.15, 0.2) is 30.5 Å². The van der Waals surface area contributed by atoms with Gasteiger partial charge in [0.1, 0.15) is 32.0 Å². The molecule has 0 spiro atoms. The average molecular weight is 763 g/mol. The molecule has 0 aromatic heterocycles. The van der Waals surface area contributed by atoms with E-state index >= 15 is 0 Å². The summed E-state index contributed by atoms with van der Waals surface area (Å²) < 4.78 is 62.9. The summed E-state index contributed by atoms with van der Waals surface area (Å²) in [6, 6.07) is 0. The zero-order valence-corrected chi connectivity index (χ0v) is 31.2. The molecule has 0 aromatic rings. The van der Waals surface area contributed by atoms with E-state index in [2.05, 4.69) is 0 Å². The van der Waals surface area contributed by atoms with Crippen LogP contribution in [-0.4, -0.2) is 122 Å². The minimum Gasteiger partial charge on any atom is -0.463 e. The van der Waals surface area contributed by atoms with Gasteiger partial charge in [-0.1, -0.05) is 41.5 Å². The van der Waals surface area contributed by atoms with E-state index < -0.39 is 122 Å². The monoisotopic (exact) mass is 762 g/mol. The van der Waals surface area contributed by atoms with Crippen molar-refractivity contribution in [2.45, 2.75) is 149 Å². The third kappa shape index (κ3) is 12.9. The van der Waals surface area contributed by atoms with E-state index in [9.17, 15) is 38.4 Å². The number of carbonyl (C=O) groups excluding carboxylic acids is 8. The minimum atomic E-state index is -2.49. The fourth-order valence-electron chi connectivity index (χ4n) is 5.09. The van der Waals surface area contributed by atoms with Crippen LogP contribution in [-0.2, 0) is 90.5 Å². The summed E-state index contributed by atoms with van der Waals surface area (Å²) >= 11 is 0. The molecule has 2 heterocycles. The van der Waals surface area contributed by atoms with E-state index in [-0.39, 0.29) is 38.5 Å². The molecule has 0 aromatic carbocycles. The summed E-state index contributed by atoms with van der Waals surface area (Å²) in [6.07, 6.45) is -13.9. The molecule has 0 N–H and O–H groups in total. The zero-order chi connectivity index (χ0) is 39.9. The second kappa shape index (κ2) is 21.4. The Balaban J connectivity index is 2.87. The van der Waals surface area contributed by atoms with Crippen molar-refractivity contribution in [3.63, 3.8) is 0 Å². The number of esters is 8. The Kier molecular flexibility index (Phi) is 18.1. The fourth-order valence-corrected chi connectivity index (χ4v) is 5.09. The fraction of sp³-hybridized carbons (Fsp3) is 0.765. The van der Waals surface area contributed by atoms with Gasteiger partial charge in [-0.2, -0.15) is 0 Å².